The van der Waals surface area contributed by atoms with E-state index in [2.05, 4.69) is 5.10 Å². The Morgan fingerprint density at radius 3 is 2.79 bits per heavy atom. The normalized spacial score (nSPS) is 18.9. The van der Waals surface area contributed by atoms with Crippen molar-refractivity contribution in [1.29, 1.82) is 0 Å². The van der Waals surface area contributed by atoms with Crippen molar-refractivity contribution in [2.75, 3.05) is 6.61 Å². The number of rotatable bonds is 3. The van der Waals surface area contributed by atoms with E-state index >= 15 is 0 Å². The molecule has 1 aromatic heterocycles. The lowest BCUT2D eigenvalue weighted by molar-refractivity contribution is -0.156. The molecular weight excluding hydrogens is 248 g/mol. The van der Waals surface area contributed by atoms with E-state index in [9.17, 15) is 9.59 Å². The van der Waals surface area contributed by atoms with Gasteiger partial charge in [0, 0.05) is 30.8 Å². The summed E-state index contributed by atoms with van der Waals surface area (Å²) in [5.41, 5.74) is 2.68. The molecule has 19 heavy (non-hydrogen) atoms. The van der Waals surface area contributed by atoms with Crippen LogP contribution in [0.2, 0.25) is 0 Å². The monoisotopic (exact) mass is 264 g/mol. The maximum atomic E-state index is 11.6. The molecule has 0 N–H and O–H groups in total. The number of hydrogen-bond donors (Lipinski definition) is 0. The number of nitrogens with zero attached hydrogens (tertiary/aromatic N) is 2. The van der Waals surface area contributed by atoms with Gasteiger partial charge in [-0.15, -0.1) is 0 Å². The van der Waals surface area contributed by atoms with Crippen molar-refractivity contribution in [3.63, 3.8) is 0 Å². The second-order valence-electron chi connectivity index (χ2n) is 4.42. The van der Waals surface area contributed by atoms with Gasteiger partial charge in [-0.2, -0.15) is 5.10 Å². The molecule has 6 nitrogen and oxygen atoms in total. The predicted molar refractivity (Wildman–Crippen MR) is 67.2 cm³/mol. The maximum Gasteiger partial charge on any atom is 0.347 e. The fraction of sp³-hybridized carbons (Fsp3) is 0.462. The Balaban J connectivity index is 2.02. The van der Waals surface area contributed by atoms with Crippen LogP contribution in [0.3, 0.4) is 0 Å². The summed E-state index contributed by atoms with van der Waals surface area (Å²) in [6.07, 6.45) is 2.61. The standard InChI is InChI=1S/C13H16N2O4/c1-8-10(9(2)15(3)14-8)4-5-12(16)19-11-6-7-18-13(11)17/h4-5,11H,6-7H2,1-3H3/b5-4+/t11-/m0/s1. The minimum atomic E-state index is -0.770. The molecule has 0 aliphatic carbocycles. The molecule has 1 saturated heterocycles. The van der Waals surface area contributed by atoms with Crippen LogP contribution in [0.1, 0.15) is 23.4 Å². The van der Waals surface area contributed by atoms with Gasteiger partial charge in [0.2, 0.25) is 6.10 Å². The molecule has 0 saturated carbocycles. The van der Waals surface area contributed by atoms with E-state index in [1.807, 2.05) is 20.9 Å². The number of ether oxygens (including phenoxy) is 2. The van der Waals surface area contributed by atoms with Gasteiger partial charge in [0.05, 0.1) is 12.3 Å². The zero-order chi connectivity index (χ0) is 14.0. The zero-order valence-electron chi connectivity index (χ0n) is 11.2. The van der Waals surface area contributed by atoms with E-state index < -0.39 is 18.0 Å². The lowest BCUT2D eigenvalue weighted by Crippen LogP contribution is -2.21. The van der Waals surface area contributed by atoms with Gasteiger partial charge in [-0.1, -0.05) is 0 Å². The average molecular weight is 264 g/mol. The van der Waals surface area contributed by atoms with Gasteiger partial charge in [-0.25, -0.2) is 9.59 Å². The fourth-order valence-corrected chi connectivity index (χ4v) is 1.95. The van der Waals surface area contributed by atoms with Crippen molar-refractivity contribution in [3.8, 4) is 0 Å². The molecule has 102 valence electrons. The molecule has 1 aromatic rings. The van der Waals surface area contributed by atoms with Crippen LogP contribution in [-0.4, -0.2) is 34.4 Å². The number of aryl methyl sites for hydroxylation is 2. The van der Waals surface area contributed by atoms with Gasteiger partial charge >= 0.3 is 11.9 Å². The van der Waals surface area contributed by atoms with Crippen molar-refractivity contribution in [1.82, 2.24) is 9.78 Å². The van der Waals surface area contributed by atoms with Crippen molar-refractivity contribution >= 4 is 18.0 Å². The third-order valence-corrected chi connectivity index (χ3v) is 3.10. The Morgan fingerprint density at radius 1 is 1.53 bits per heavy atom. The van der Waals surface area contributed by atoms with Gasteiger partial charge in [-0.05, 0) is 19.9 Å². The molecule has 1 aliphatic heterocycles. The van der Waals surface area contributed by atoms with Crippen LogP contribution < -0.4 is 0 Å². The van der Waals surface area contributed by atoms with Crippen LogP contribution in [0, 0.1) is 13.8 Å². The largest absolute Gasteiger partial charge is 0.463 e. The molecule has 0 radical (unpaired) electrons. The van der Waals surface area contributed by atoms with E-state index in [1.165, 1.54) is 6.08 Å². The van der Waals surface area contributed by atoms with Gasteiger partial charge in [0.1, 0.15) is 0 Å². The summed E-state index contributed by atoms with van der Waals surface area (Å²) in [4.78, 5) is 22.8. The highest BCUT2D eigenvalue weighted by Crippen LogP contribution is 2.15. The van der Waals surface area contributed by atoms with Crippen molar-refractivity contribution < 1.29 is 19.1 Å². The first-order valence-corrected chi connectivity index (χ1v) is 6.04. The first-order valence-electron chi connectivity index (χ1n) is 6.04. The first-order chi connectivity index (χ1) is 8.99. The summed E-state index contributed by atoms with van der Waals surface area (Å²) in [5, 5.41) is 4.24. The molecule has 2 rings (SSSR count). The molecule has 1 atom stereocenters. The summed E-state index contributed by atoms with van der Waals surface area (Å²) in [5.74, 6) is -1.03. The van der Waals surface area contributed by atoms with Crippen LogP contribution in [0.25, 0.3) is 6.08 Å². The Morgan fingerprint density at radius 2 is 2.26 bits per heavy atom. The number of esters is 2. The number of cyclic esters (lactones) is 1. The van der Waals surface area contributed by atoms with E-state index in [-0.39, 0.29) is 0 Å². The van der Waals surface area contributed by atoms with Gasteiger partial charge in [0.25, 0.3) is 0 Å². The van der Waals surface area contributed by atoms with E-state index in [1.54, 1.807) is 10.8 Å². The van der Waals surface area contributed by atoms with E-state index in [4.69, 9.17) is 9.47 Å². The molecule has 0 aromatic carbocycles. The predicted octanol–water partition coefficient (Wildman–Crippen LogP) is 0.909. The number of aromatic nitrogens is 2. The molecule has 6 heteroatoms. The van der Waals surface area contributed by atoms with E-state index in [0.717, 1.165) is 17.0 Å². The number of hydrogen-bond acceptors (Lipinski definition) is 5. The van der Waals surface area contributed by atoms with Crippen molar-refractivity contribution in [2.24, 2.45) is 7.05 Å². The Bertz CT molecular complexity index is 545. The van der Waals surface area contributed by atoms with Crippen LogP contribution in [0.4, 0.5) is 0 Å². The van der Waals surface area contributed by atoms with Gasteiger partial charge in [-0.3, -0.25) is 4.68 Å². The highest BCUT2D eigenvalue weighted by molar-refractivity contribution is 5.90. The third-order valence-electron chi connectivity index (χ3n) is 3.10. The minimum absolute atomic E-state index is 0.307. The molecule has 0 unspecified atom stereocenters. The van der Waals surface area contributed by atoms with Crippen LogP contribution in [-0.2, 0) is 26.1 Å². The zero-order valence-corrected chi connectivity index (χ0v) is 11.2. The third kappa shape index (κ3) is 2.83. The highest BCUT2D eigenvalue weighted by Gasteiger charge is 2.29. The van der Waals surface area contributed by atoms with E-state index in [0.29, 0.717) is 13.0 Å². The quantitative estimate of drug-likeness (QED) is 0.599. The molecule has 0 spiro atoms. The second-order valence-corrected chi connectivity index (χ2v) is 4.42. The number of carbonyl (C=O) groups excluding carboxylic acids is 2. The molecule has 0 bridgehead atoms. The lowest BCUT2D eigenvalue weighted by atomic mass is 10.2. The molecule has 1 aliphatic rings. The molecule has 1 fully saturated rings. The summed E-state index contributed by atoms with van der Waals surface area (Å²) in [6.45, 7) is 4.09. The Hall–Kier alpha value is -2.11. The Labute approximate surface area is 111 Å². The topological polar surface area (TPSA) is 70.4 Å². The lowest BCUT2D eigenvalue weighted by Gasteiger charge is -2.05. The average Bonchev–Trinajstić information content (AvgIpc) is 2.84. The number of carbonyl (C=O) groups is 2. The van der Waals surface area contributed by atoms with Gasteiger partial charge < -0.3 is 9.47 Å². The second kappa shape index (κ2) is 5.26. The summed E-state index contributed by atoms with van der Waals surface area (Å²) in [6, 6.07) is 0. The highest BCUT2D eigenvalue weighted by atomic mass is 16.6. The van der Waals surface area contributed by atoms with Crippen LogP contribution >= 0.6 is 0 Å². The molecule has 0 amide bonds. The summed E-state index contributed by atoms with van der Waals surface area (Å²) in [7, 11) is 1.84. The van der Waals surface area contributed by atoms with Crippen LogP contribution in [0.5, 0.6) is 0 Å². The first kappa shape index (κ1) is 13.3. The van der Waals surface area contributed by atoms with Crippen molar-refractivity contribution in [3.05, 3.63) is 23.0 Å². The SMILES string of the molecule is Cc1nn(C)c(C)c1/C=C/C(=O)O[C@H]1CCOC1=O. The summed E-state index contributed by atoms with van der Waals surface area (Å²) < 4.78 is 11.5. The molecule has 2 heterocycles. The van der Waals surface area contributed by atoms with Crippen molar-refractivity contribution in [2.45, 2.75) is 26.4 Å². The van der Waals surface area contributed by atoms with Crippen LogP contribution in [0.15, 0.2) is 6.08 Å². The fourth-order valence-electron chi connectivity index (χ4n) is 1.95. The minimum Gasteiger partial charge on any atom is -0.463 e. The molecular formula is C13H16N2O4. The Kier molecular flexibility index (Phi) is 3.69. The van der Waals surface area contributed by atoms with Gasteiger partial charge in [0.15, 0.2) is 0 Å². The maximum absolute atomic E-state index is 11.6. The smallest absolute Gasteiger partial charge is 0.347 e. The summed E-state index contributed by atoms with van der Waals surface area (Å²) >= 11 is 0.